The first kappa shape index (κ1) is 15.5. The molecule has 0 spiro atoms. The van der Waals surface area contributed by atoms with E-state index in [1.165, 1.54) is 5.56 Å². The quantitative estimate of drug-likeness (QED) is 0.859. The third-order valence-electron chi connectivity index (χ3n) is 2.94. The molecule has 1 atom stereocenters. The summed E-state index contributed by atoms with van der Waals surface area (Å²) in [7, 11) is 0. The Labute approximate surface area is 116 Å². The maximum absolute atomic E-state index is 11.7. The molecule has 1 amide bonds. The number of pyridine rings is 1. The summed E-state index contributed by atoms with van der Waals surface area (Å²) >= 11 is 0. The fraction of sp³-hybridized carbons (Fsp3) is 0.600. The van der Waals surface area contributed by atoms with Crippen LogP contribution in [-0.2, 0) is 10.2 Å². The first-order valence-electron chi connectivity index (χ1n) is 6.85. The number of hydrogen-bond donors (Lipinski definition) is 2. The molecule has 4 heteroatoms. The maximum atomic E-state index is 11.7. The van der Waals surface area contributed by atoms with Gasteiger partial charge in [-0.3, -0.25) is 4.79 Å². The minimum Gasteiger partial charge on any atom is -0.359 e. The van der Waals surface area contributed by atoms with E-state index in [9.17, 15) is 4.79 Å². The van der Waals surface area contributed by atoms with E-state index >= 15 is 0 Å². The van der Waals surface area contributed by atoms with Crippen molar-refractivity contribution in [2.45, 2.75) is 52.5 Å². The molecular weight excluding hydrogens is 238 g/mol. The largest absolute Gasteiger partial charge is 0.359 e. The molecule has 1 unspecified atom stereocenters. The molecule has 0 saturated heterocycles. The van der Waals surface area contributed by atoms with Crippen molar-refractivity contribution in [3.05, 3.63) is 23.9 Å². The van der Waals surface area contributed by atoms with Crippen LogP contribution in [0.15, 0.2) is 18.3 Å². The number of rotatable bonds is 5. The molecule has 1 heterocycles. The molecule has 2 N–H and O–H groups in total. The Balaban J connectivity index is 2.60. The normalized spacial score (nSPS) is 12.9. The number of carbonyl (C=O) groups excluding carboxylic acids is 1. The molecular formula is C15H25N3O. The summed E-state index contributed by atoms with van der Waals surface area (Å²) < 4.78 is 0. The van der Waals surface area contributed by atoms with Gasteiger partial charge in [0.05, 0.1) is 0 Å². The van der Waals surface area contributed by atoms with Crippen molar-refractivity contribution in [3.63, 3.8) is 0 Å². The molecule has 0 aliphatic carbocycles. The number of nitrogens with one attached hydrogen (secondary N) is 2. The Morgan fingerprint density at radius 1 is 1.37 bits per heavy atom. The first-order valence-corrected chi connectivity index (χ1v) is 6.85. The number of aromatic nitrogens is 1. The SMILES string of the molecule is CCCNC(=O)C(C)Nc1ccc(C(C)(C)C)cn1. The summed E-state index contributed by atoms with van der Waals surface area (Å²) in [5.74, 6) is 0.732. The van der Waals surface area contributed by atoms with Crippen LogP contribution >= 0.6 is 0 Å². The molecule has 0 aromatic carbocycles. The van der Waals surface area contributed by atoms with E-state index in [-0.39, 0.29) is 17.4 Å². The predicted molar refractivity (Wildman–Crippen MR) is 79.3 cm³/mol. The first-order chi connectivity index (χ1) is 8.84. The van der Waals surface area contributed by atoms with Crippen molar-refractivity contribution in [1.29, 1.82) is 0 Å². The zero-order valence-electron chi connectivity index (χ0n) is 12.6. The summed E-state index contributed by atoms with van der Waals surface area (Å²) in [5.41, 5.74) is 1.27. The second-order valence-corrected chi connectivity index (χ2v) is 5.84. The van der Waals surface area contributed by atoms with Crippen LogP contribution in [0.25, 0.3) is 0 Å². The second-order valence-electron chi connectivity index (χ2n) is 5.84. The predicted octanol–water partition coefficient (Wildman–Crippen LogP) is 2.71. The highest BCUT2D eigenvalue weighted by molar-refractivity contribution is 5.83. The van der Waals surface area contributed by atoms with Gasteiger partial charge in [0.2, 0.25) is 5.91 Å². The lowest BCUT2D eigenvalue weighted by molar-refractivity contribution is -0.121. The minimum absolute atomic E-state index is 0.00329. The number of anilines is 1. The molecule has 1 aromatic heterocycles. The van der Waals surface area contributed by atoms with Crippen molar-refractivity contribution < 1.29 is 4.79 Å². The monoisotopic (exact) mass is 263 g/mol. The molecule has 0 aliphatic heterocycles. The van der Waals surface area contributed by atoms with Gasteiger partial charge in [-0.1, -0.05) is 33.8 Å². The van der Waals surface area contributed by atoms with Crippen LogP contribution < -0.4 is 10.6 Å². The topological polar surface area (TPSA) is 54.0 Å². The summed E-state index contributed by atoms with van der Waals surface area (Å²) in [6.45, 7) is 11.0. The Hall–Kier alpha value is -1.58. The van der Waals surface area contributed by atoms with Gasteiger partial charge >= 0.3 is 0 Å². The fourth-order valence-corrected chi connectivity index (χ4v) is 1.61. The summed E-state index contributed by atoms with van der Waals surface area (Å²) in [6.07, 6.45) is 2.80. The van der Waals surface area contributed by atoms with Gasteiger partial charge in [-0.25, -0.2) is 4.98 Å². The molecule has 106 valence electrons. The summed E-state index contributed by atoms with van der Waals surface area (Å²) in [6, 6.07) is 3.69. The average molecular weight is 263 g/mol. The molecule has 0 radical (unpaired) electrons. The molecule has 0 aliphatic rings. The number of carbonyl (C=O) groups is 1. The highest BCUT2D eigenvalue weighted by Gasteiger charge is 2.15. The Morgan fingerprint density at radius 2 is 2.05 bits per heavy atom. The van der Waals surface area contributed by atoms with E-state index in [2.05, 4.69) is 36.4 Å². The van der Waals surface area contributed by atoms with E-state index in [1.807, 2.05) is 32.2 Å². The van der Waals surface area contributed by atoms with Gasteiger partial charge in [0.25, 0.3) is 0 Å². The van der Waals surface area contributed by atoms with Crippen molar-refractivity contribution >= 4 is 11.7 Å². The summed E-state index contributed by atoms with van der Waals surface area (Å²) in [5, 5.41) is 5.96. The molecule has 1 aromatic rings. The molecule has 4 nitrogen and oxygen atoms in total. The van der Waals surface area contributed by atoms with E-state index in [0.717, 1.165) is 12.2 Å². The Morgan fingerprint density at radius 3 is 2.53 bits per heavy atom. The van der Waals surface area contributed by atoms with Crippen LogP contribution in [0.1, 0.15) is 46.6 Å². The van der Waals surface area contributed by atoms with E-state index in [4.69, 9.17) is 0 Å². The molecule has 0 fully saturated rings. The van der Waals surface area contributed by atoms with Crippen LogP contribution in [0.4, 0.5) is 5.82 Å². The van der Waals surface area contributed by atoms with E-state index in [1.54, 1.807) is 0 Å². The maximum Gasteiger partial charge on any atom is 0.242 e. The standard InChI is InChI=1S/C15H25N3O/c1-6-9-16-14(19)11(2)18-13-8-7-12(10-17-13)15(3,4)5/h7-8,10-11H,6,9H2,1-5H3,(H,16,19)(H,17,18). The van der Waals surface area contributed by atoms with Gasteiger partial charge < -0.3 is 10.6 Å². The molecule has 0 saturated carbocycles. The van der Waals surface area contributed by atoms with Gasteiger partial charge in [-0.2, -0.15) is 0 Å². The molecule has 0 bridgehead atoms. The van der Waals surface area contributed by atoms with Gasteiger partial charge in [-0.05, 0) is 30.4 Å². The molecule has 19 heavy (non-hydrogen) atoms. The van der Waals surface area contributed by atoms with E-state index < -0.39 is 0 Å². The van der Waals surface area contributed by atoms with Crippen molar-refractivity contribution in [1.82, 2.24) is 10.3 Å². The lowest BCUT2D eigenvalue weighted by Gasteiger charge is -2.19. The fourth-order valence-electron chi connectivity index (χ4n) is 1.61. The van der Waals surface area contributed by atoms with Gasteiger partial charge in [-0.15, -0.1) is 0 Å². The van der Waals surface area contributed by atoms with Gasteiger partial charge in [0, 0.05) is 12.7 Å². The van der Waals surface area contributed by atoms with Crippen LogP contribution in [0.3, 0.4) is 0 Å². The summed E-state index contributed by atoms with van der Waals surface area (Å²) in [4.78, 5) is 16.1. The highest BCUT2D eigenvalue weighted by atomic mass is 16.2. The number of hydrogen-bond acceptors (Lipinski definition) is 3. The Kier molecular flexibility index (Phi) is 5.33. The molecule has 1 rings (SSSR count). The lowest BCUT2D eigenvalue weighted by atomic mass is 9.88. The van der Waals surface area contributed by atoms with Crippen molar-refractivity contribution in [2.75, 3.05) is 11.9 Å². The van der Waals surface area contributed by atoms with E-state index in [0.29, 0.717) is 6.54 Å². The lowest BCUT2D eigenvalue weighted by Crippen LogP contribution is -2.38. The number of amides is 1. The van der Waals surface area contributed by atoms with Crippen LogP contribution in [0, 0.1) is 0 Å². The van der Waals surface area contributed by atoms with Crippen molar-refractivity contribution in [2.24, 2.45) is 0 Å². The highest BCUT2D eigenvalue weighted by Crippen LogP contribution is 2.21. The smallest absolute Gasteiger partial charge is 0.242 e. The number of nitrogens with zero attached hydrogens (tertiary/aromatic N) is 1. The minimum atomic E-state index is -0.278. The van der Waals surface area contributed by atoms with Gasteiger partial charge in [0.1, 0.15) is 11.9 Å². The van der Waals surface area contributed by atoms with Gasteiger partial charge in [0.15, 0.2) is 0 Å². The van der Waals surface area contributed by atoms with Crippen molar-refractivity contribution in [3.8, 4) is 0 Å². The second kappa shape index (κ2) is 6.55. The zero-order valence-corrected chi connectivity index (χ0v) is 12.6. The van der Waals surface area contributed by atoms with Crippen LogP contribution in [0.2, 0.25) is 0 Å². The zero-order chi connectivity index (χ0) is 14.5. The van der Waals surface area contributed by atoms with Crippen LogP contribution in [0.5, 0.6) is 0 Å². The third-order valence-corrected chi connectivity index (χ3v) is 2.94. The average Bonchev–Trinajstić information content (AvgIpc) is 2.35. The van der Waals surface area contributed by atoms with Crippen LogP contribution in [-0.4, -0.2) is 23.5 Å². The third kappa shape index (κ3) is 4.89. The Bertz CT molecular complexity index is 406.